The summed E-state index contributed by atoms with van der Waals surface area (Å²) < 4.78 is 125. The first-order valence-corrected chi connectivity index (χ1v) is 38.1. The molecule has 654 valence electrons. The quantitative estimate of drug-likeness (QED) is 0.0402. The molecule has 41 nitrogen and oxygen atoms in total. The van der Waals surface area contributed by atoms with Crippen LogP contribution in [0.25, 0.3) is 0 Å². The number of alkyl halides is 2. The number of aliphatic hydroxyl groups excluding tert-OH is 2. The van der Waals surface area contributed by atoms with Crippen LogP contribution in [-0.2, 0) is 106 Å². The Morgan fingerprint density at radius 2 is 0.805 bits per heavy atom. The highest BCUT2D eigenvalue weighted by molar-refractivity contribution is 7.86. The predicted molar refractivity (Wildman–Crippen MR) is 411 cm³/mol. The second kappa shape index (κ2) is 40.7. The van der Waals surface area contributed by atoms with E-state index in [4.69, 9.17) is 56.3 Å². The lowest BCUT2D eigenvalue weighted by Crippen LogP contribution is -2.42. The van der Waals surface area contributed by atoms with Crippen LogP contribution in [0.3, 0.4) is 0 Å². The molecule has 3 fully saturated rings. The van der Waals surface area contributed by atoms with Gasteiger partial charge in [0.05, 0.1) is 82.1 Å². The van der Waals surface area contributed by atoms with E-state index >= 15 is 0 Å². The molecule has 0 unspecified atom stereocenters. The molecule has 3 aliphatic heterocycles. The number of nitrogens with zero attached hydrogens (tertiary/aromatic N) is 15. The normalized spacial score (nSPS) is 19.3. The topological polar surface area (TPSA) is 478 Å². The van der Waals surface area contributed by atoms with Crippen molar-refractivity contribution < 1.29 is 103 Å². The van der Waals surface area contributed by atoms with Crippen LogP contribution in [0.15, 0.2) is 95.1 Å². The molecule has 0 radical (unpaired) electrons. The molecule has 0 bridgehead atoms. The number of ether oxygens (including phenoxy) is 11. The van der Waals surface area contributed by atoms with Gasteiger partial charge in [-0.3, -0.25) is 46.0 Å². The monoisotopic (exact) mass is 1690 g/mol. The van der Waals surface area contributed by atoms with Crippen molar-refractivity contribution in [2.75, 3.05) is 39.8 Å². The van der Waals surface area contributed by atoms with E-state index in [0.717, 1.165) is 19.3 Å². The van der Waals surface area contributed by atoms with Crippen molar-refractivity contribution in [2.45, 2.75) is 267 Å². The van der Waals surface area contributed by atoms with Gasteiger partial charge in [-0.25, -0.2) is 56.4 Å². The van der Waals surface area contributed by atoms with Gasteiger partial charge < -0.3 is 62.3 Å². The number of hydrogen-bond acceptors (Lipinski definition) is 32. The minimum absolute atomic E-state index is 0. The third-order valence-corrected chi connectivity index (χ3v) is 18.1. The van der Waals surface area contributed by atoms with Gasteiger partial charge in [0.2, 0.25) is 0 Å². The Labute approximate surface area is 677 Å². The van der Waals surface area contributed by atoms with E-state index in [1.54, 1.807) is 102 Å². The van der Waals surface area contributed by atoms with Crippen molar-refractivity contribution in [3.05, 3.63) is 163 Å². The predicted octanol–water partition coefficient (Wildman–Crippen LogP) is 5.56. The number of halogens is 2. The summed E-state index contributed by atoms with van der Waals surface area (Å²) in [4.78, 5) is 128. The molecule has 7 aromatic rings. The summed E-state index contributed by atoms with van der Waals surface area (Å²) in [5.41, 5.74) is -4.49. The largest absolute Gasteiger partial charge is 0.509 e. The molecule has 118 heavy (non-hydrogen) atoms. The van der Waals surface area contributed by atoms with Crippen molar-refractivity contribution in [3.8, 4) is 0 Å². The van der Waals surface area contributed by atoms with Crippen LogP contribution in [0.1, 0.15) is 175 Å². The molecule has 0 aliphatic carbocycles. The first-order valence-electron chi connectivity index (χ1n) is 36.7. The number of aryl methyl sites for hydroxylation is 6. The van der Waals surface area contributed by atoms with Gasteiger partial charge in [-0.05, 0) is 123 Å². The summed E-state index contributed by atoms with van der Waals surface area (Å²) in [7, 11) is -3.98. The Hall–Kier alpha value is -10.7. The highest BCUT2D eigenvalue weighted by Crippen LogP contribution is 2.34. The molecule has 44 heteroatoms. The van der Waals surface area contributed by atoms with Crippen molar-refractivity contribution in [2.24, 2.45) is 0 Å². The van der Waals surface area contributed by atoms with Crippen LogP contribution in [0, 0.1) is 27.7 Å². The number of benzene rings is 1. The van der Waals surface area contributed by atoms with E-state index in [1.807, 2.05) is 6.92 Å². The molecule has 2 N–H and O–H groups in total. The lowest BCUT2D eigenvalue weighted by atomic mass is 10.2. The number of carbonyl (C=O) groups excluding carboxylic acids is 4. The first-order chi connectivity index (χ1) is 54.2. The van der Waals surface area contributed by atoms with Crippen LogP contribution in [0.5, 0.6) is 0 Å². The van der Waals surface area contributed by atoms with Crippen LogP contribution < -0.4 is 33.7 Å². The molecule has 0 saturated carbocycles. The number of aliphatic hydroxyl groups is 2. The Morgan fingerprint density at radius 3 is 1.13 bits per heavy atom. The van der Waals surface area contributed by atoms with Gasteiger partial charge >= 0.3 is 41.7 Å². The number of rotatable bonds is 25. The number of carbonyl (C=O) groups is 4. The molecule has 0 amide bonds. The second-order valence-electron chi connectivity index (χ2n) is 31.2. The van der Waals surface area contributed by atoms with Crippen molar-refractivity contribution in [1.82, 2.24) is 72.4 Å². The fraction of sp³-hybridized carbons (Fsp3) is 0.622. The maximum Gasteiger partial charge on any atom is 0.509 e. The van der Waals surface area contributed by atoms with Gasteiger partial charge in [-0.1, -0.05) is 48.2 Å². The molecule has 0 spiro atoms. The van der Waals surface area contributed by atoms with E-state index in [2.05, 4.69) is 30.9 Å². The summed E-state index contributed by atoms with van der Waals surface area (Å²) >= 11 is 0. The van der Waals surface area contributed by atoms with Crippen molar-refractivity contribution in [1.29, 1.82) is 0 Å². The van der Waals surface area contributed by atoms with Crippen LogP contribution in [0.4, 0.5) is 28.0 Å². The van der Waals surface area contributed by atoms with Crippen LogP contribution in [0.2, 0.25) is 0 Å². The summed E-state index contributed by atoms with van der Waals surface area (Å²) in [6.07, 6.45) is -3.81. The molecule has 3 aliphatic rings. The molecule has 10 rings (SSSR count). The van der Waals surface area contributed by atoms with Gasteiger partial charge in [0, 0.05) is 54.5 Å². The zero-order chi connectivity index (χ0) is 85.7. The summed E-state index contributed by atoms with van der Waals surface area (Å²) in [6.45, 7) is 23.4. The van der Waals surface area contributed by atoms with Gasteiger partial charge in [0.1, 0.15) is 115 Å². The third-order valence-electron chi connectivity index (χ3n) is 16.8. The Kier molecular flexibility index (Phi) is 33.1. The van der Waals surface area contributed by atoms with E-state index in [1.165, 1.54) is 90.9 Å². The Balaban J connectivity index is 0.000000285. The standard InChI is InChI=1S/C32H43N5O12S.C25H36FN5O9.C15H20FN5O5.2CH4/c1-20-9-11-23(12-10-20)50(42,43)45-14-13-35-17-22(33-34-35)18-37-27(38)21(2)16-36(28(37)39)26-15-24(47-30(41)49-32(6,7)8)25(46-26)19-44-29(40)48-31(3,4)5;1-15-11-30(21(33)31(20(15)32)13-16-12-29(9-8-26)28-27-16)19-10-17(38-23(35)40-25(5,6)7)18(37-19)14-36-22(34)39-24(2,3)4;1-9-5-20(13-4-11(23)12(8-22)26-13)15(25)21(14(9)24)7-10-6-19(3-2-16)18-17-10;;/h9-12,16-17,24-26H,13-15,18-19H2,1-8H3;11-12,17-19H,8-10,13-14H2,1-7H3;5-6,11-13,22-23H,2-4,7-8H2,1H3;2*1H4/t24-,25+,26+;17-,18+,19+;11-,12+,13+;;/m000../s1/i;26-1;16-1;;. The maximum absolute atomic E-state index is 13.7. The van der Waals surface area contributed by atoms with E-state index in [0.29, 0.717) is 11.3 Å². The minimum Gasteiger partial charge on any atom is -0.431 e. The van der Waals surface area contributed by atoms with E-state index < -0.39 is 160 Å². The van der Waals surface area contributed by atoms with Gasteiger partial charge in [-0.2, -0.15) is 8.42 Å². The minimum atomic E-state index is -3.98. The summed E-state index contributed by atoms with van der Waals surface area (Å²) in [6, 6.07) is 6.23. The fourth-order valence-corrected chi connectivity index (χ4v) is 12.4. The van der Waals surface area contributed by atoms with Crippen LogP contribution >= 0.6 is 0 Å². The van der Waals surface area contributed by atoms with E-state index in [-0.39, 0.29) is 127 Å². The third kappa shape index (κ3) is 27.2. The molecular formula is C74H107F2N15O26S. The first kappa shape index (κ1) is 96.2. The fourth-order valence-electron chi connectivity index (χ4n) is 11.5. The molecule has 9 heterocycles. The second-order valence-corrected chi connectivity index (χ2v) is 32.8. The highest BCUT2D eigenvalue weighted by Gasteiger charge is 2.44. The highest BCUT2D eigenvalue weighted by atomic mass is 32.2. The SMILES string of the molecule is C.C.Cc1ccc(S(=O)(=O)OCCn2cc(Cn3c(=O)c(C)cn([C@H]4C[C@H](OC(=O)OC(C)(C)C)[C@@H](COC(=O)OC(C)(C)C)O4)c3=O)nn2)cc1.Cc1cn([C@H]2C[C@H](O)[C@@H](CO)O2)c(=O)n(Cc2cn(CC[18F])nn2)c1=O.Cc1cn([C@H]2C[C@H](OC(=O)OC(C)(C)C)[C@@H](COC(=O)OC(C)(C)C)O2)c(=O)n(Cc2cn(CC[18F])nn2)c1=O. The van der Waals surface area contributed by atoms with Gasteiger partial charge in [0.15, 0.2) is 0 Å². The maximum atomic E-state index is 13.7. The molecular weight excluding hydrogens is 1580 g/mol. The molecule has 9 atom stereocenters. The summed E-state index contributed by atoms with van der Waals surface area (Å²) in [5.74, 6) is 0. The molecule has 6 aromatic heterocycles. The molecule has 3 saturated heterocycles. The van der Waals surface area contributed by atoms with Gasteiger partial charge in [-0.15, -0.1) is 15.3 Å². The average molecular weight is 1690 g/mol. The van der Waals surface area contributed by atoms with E-state index in [9.17, 15) is 75.4 Å². The van der Waals surface area contributed by atoms with Crippen molar-refractivity contribution in [3.63, 3.8) is 0 Å². The lowest BCUT2D eigenvalue weighted by Gasteiger charge is -2.23. The zero-order valence-electron chi connectivity index (χ0n) is 67.1. The number of hydrogen-bond donors (Lipinski definition) is 2. The average Bonchev–Trinajstić information content (AvgIpc) is 1.56. The van der Waals surface area contributed by atoms with Gasteiger partial charge in [0.25, 0.3) is 26.8 Å². The smallest absolute Gasteiger partial charge is 0.431 e. The Morgan fingerprint density at radius 1 is 0.483 bits per heavy atom. The zero-order valence-corrected chi connectivity index (χ0v) is 68.0. The summed E-state index contributed by atoms with van der Waals surface area (Å²) in [5, 5.41) is 42.3. The van der Waals surface area contributed by atoms with Crippen molar-refractivity contribution >= 4 is 34.7 Å². The number of aromatic nitrogens is 15. The lowest BCUT2D eigenvalue weighted by molar-refractivity contribution is -0.0831. The molecule has 1 aromatic carbocycles. The van der Waals surface area contributed by atoms with Crippen LogP contribution in [-0.4, -0.2) is 214 Å². The Bertz CT molecular complexity index is 5080.